The molecule has 4 aromatic heterocycles. The van der Waals surface area contributed by atoms with Crippen LogP contribution >= 0.6 is 0 Å². The van der Waals surface area contributed by atoms with E-state index in [1.807, 2.05) is 19.2 Å². The monoisotopic (exact) mass is 375 g/mol. The minimum atomic E-state index is 0.411. The van der Waals surface area contributed by atoms with Crippen molar-refractivity contribution in [3.63, 3.8) is 0 Å². The zero-order valence-corrected chi connectivity index (χ0v) is 15.6. The van der Waals surface area contributed by atoms with Gasteiger partial charge in [0.25, 0.3) is 0 Å². The molecule has 28 heavy (non-hydrogen) atoms. The Labute approximate surface area is 161 Å². The molecule has 0 saturated heterocycles. The van der Waals surface area contributed by atoms with Crippen LogP contribution in [0.4, 0.5) is 5.69 Å². The highest BCUT2D eigenvalue weighted by molar-refractivity contribution is 5.67. The van der Waals surface area contributed by atoms with Gasteiger partial charge in [-0.2, -0.15) is 14.7 Å². The van der Waals surface area contributed by atoms with Crippen LogP contribution < -0.4 is 5.32 Å². The van der Waals surface area contributed by atoms with Crippen LogP contribution in [0, 0.1) is 6.92 Å². The van der Waals surface area contributed by atoms with Crippen LogP contribution in [0.5, 0.6) is 0 Å². The van der Waals surface area contributed by atoms with Crippen LogP contribution in [-0.4, -0.2) is 45.6 Å². The Kier molecular flexibility index (Phi) is 4.19. The molecule has 1 N–H and O–H groups in total. The predicted molar refractivity (Wildman–Crippen MR) is 104 cm³/mol. The predicted octanol–water partition coefficient (Wildman–Crippen LogP) is 2.68. The van der Waals surface area contributed by atoms with Gasteiger partial charge < -0.3 is 5.32 Å². The van der Waals surface area contributed by atoms with E-state index in [9.17, 15) is 0 Å². The Balaban J connectivity index is 1.25. The second-order valence-electron chi connectivity index (χ2n) is 7.25. The fourth-order valence-corrected chi connectivity index (χ4v) is 3.88. The van der Waals surface area contributed by atoms with Gasteiger partial charge in [0.15, 0.2) is 0 Å². The summed E-state index contributed by atoms with van der Waals surface area (Å²) in [4.78, 5) is 8.48. The molecule has 5 rings (SSSR count). The van der Waals surface area contributed by atoms with Crippen molar-refractivity contribution >= 4 is 11.3 Å². The molecule has 4 heterocycles. The summed E-state index contributed by atoms with van der Waals surface area (Å²) in [7, 11) is 0. The van der Waals surface area contributed by atoms with E-state index < -0.39 is 0 Å². The average molecular weight is 375 g/mol. The third-order valence-electron chi connectivity index (χ3n) is 5.28. The van der Waals surface area contributed by atoms with Crippen molar-refractivity contribution in [1.29, 1.82) is 0 Å². The maximum atomic E-state index is 4.57. The summed E-state index contributed by atoms with van der Waals surface area (Å²) < 4.78 is 3.80. The topological polar surface area (TPSA) is 98.7 Å². The number of anilines is 1. The first kappa shape index (κ1) is 16.8. The zero-order chi connectivity index (χ0) is 18.9. The quantitative estimate of drug-likeness (QED) is 0.585. The summed E-state index contributed by atoms with van der Waals surface area (Å²) in [5.74, 6) is 0. The number of hydrogen-bond donors (Lipinski definition) is 1. The molecule has 0 bridgehead atoms. The molecule has 9 nitrogen and oxygen atoms in total. The van der Waals surface area contributed by atoms with Crippen LogP contribution in [0.3, 0.4) is 0 Å². The first-order valence-electron chi connectivity index (χ1n) is 9.51. The van der Waals surface area contributed by atoms with E-state index in [1.165, 1.54) is 0 Å². The highest BCUT2D eigenvalue weighted by Gasteiger charge is 2.24. The van der Waals surface area contributed by atoms with Gasteiger partial charge in [-0.15, -0.1) is 10.2 Å². The van der Waals surface area contributed by atoms with Gasteiger partial charge in [-0.1, -0.05) is 0 Å². The Morgan fingerprint density at radius 3 is 2.82 bits per heavy atom. The molecule has 0 amide bonds. The van der Waals surface area contributed by atoms with E-state index in [1.54, 1.807) is 29.4 Å². The lowest BCUT2D eigenvalue weighted by atomic mass is 9.91. The molecule has 142 valence electrons. The average Bonchev–Trinajstić information content (AvgIpc) is 3.39. The van der Waals surface area contributed by atoms with Gasteiger partial charge in [-0.3, -0.25) is 14.6 Å². The van der Waals surface area contributed by atoms with Crippen molar-refractivity contribution in [1.82, 2.24) is 39.6 Å². The Morgan fingerprint density at radius 2 is 2.00 bits per heavy atom. The largest absolute Gasteiger partial charge is 0.379 e. The molecule has 0 aromatic carbocycles. The molecule has 1 fully saturated rings. The molecule has 0 aliphatic heterocycles. The molecule has 1 aliphatic carbocycles. The molecule has 1 aliphatic rings. The van der Waals surface area contributed by atoms with Crippen molar-refractivity contribution in [3.05, 3.63) is 49.1 Å². The van der Waals surface area contributed by atoms with Crippen LogP contribution in [0.2, 0.25) is 0 Å². The summed E-state index contributed by atoms with van der Waals surface area (Å²) >= 11 is 0. The summed E-state index contributed by atoms with van der Waals surface area (Å²) in [6.45, 7) is 1.98. The first-order valence-corrected chi connectivity index (χ1v) is 9.51. The minimum absolute atomic E-state index is 0.411. The van der Waals surface area contributed by atoms with Crippen molar-refractivity contribution in [2.24, 2.45) is 0 Å². The number of nitrogens with zero attached hydrogens (tertiary/aromatic N) is 8. The van der Waals surface area contributed by atoms with E-state index >= 15 is 0 Å². The number of aryl methyl sites for hydroxylation is 1. The Hall–Kier alpha value is -3.36. The third kappa shape index (κ3) is 3.19. The van der Waals surface area contributed by atoms with Crippen molar-refractivity contribution in [2.75, 3.05) is 5.32 Å². The van der Waals surface area contributed by atoms with E-state index in [0.29, 0.717) is 12.1 Å². The molecular weight excluding hydrogens is 354 g/mol. The molecule has 1 saturated carbocycles. The van der Waals surface area contributed by atoms with Gasteiger partial charge in [0.2, 0.25) is 5.65 Å². The summed E-state index contributed by atoms with van der Waals surface area (Å²) in [6, 6.07) is 2.86. The Morgan fingerprint density at radius 1 is 1.11 bits per heavy atom. The number of nitrogens with one attached hydrogen (secondary N) is 1. The Bertz CT molecular complexity index is 1080. The van der Waals surface area contributed by atoms with E-state index in [4.69, 9.17) is 0 Å². The van der Waals surface area contributed by atoms with Crippen LogP contribution in [0.25, 0.3) is 16.9 Å². The van der Waals surface area contributed by atoms with Gasteiger partial charge >= 0.3 is 0 Å². The lowest BCUT2D eigenvalue weighted by molar-refractivity contribution is 0.313. The smallest absolute Gasteiger partial charge is 0.200 e. The highest BCUT2D eigenvalue weighted by Crippen LogP contribution is 2.31. The molecule has 0 spiro atoms. The molecular formula is C19H21N9. The maximum absolute atomic E-state index is 4.57. The van der Waals surface area contributed by atoms with Crippen molar-refractivity contribution in [2.45, 2.75) is 44.7 Å². The van der Waals surface area contributed by atoms with Gasteiger partial charge in [-0.25, -0.2) is 0 Å². The molecule has 0 unspecified atom stereocenters. The first-order chi connectivity index (χ1) is 13.8. The van der Waals surface area contributed by atoms with Crippen LogP contribution in [-0.2, 0) is 0 Å². The van der Waals surface area contributed by atoms with Gasteiger partial charge in [0, 0.05) is 30.2 Å². The van der Waals surface area contributed by atoms with Crippen molar-refractivity contribution < 1.29 is 0 Å². The molecule has 4 aromatic rings. The number of aromatic nitrogens is 8. The van der Waals surface area contributed by atoms with Gasteiger partial charge in [0.05, 0.1) is 35.5 Å². The van der Waals surface area contributed by atoms with E-state index in [2.05, 4.69) is 46.6 Å². The summed E-state index contributed by atoms with van der Waals surface area (Å²) in [6.07, 6.45) is 15.0. The standard InChI is InChI=1S/C19H21N9/c1-13-8-17(19-25-22-12-28(19)26-13)24-15-2-4-16(5-3-15)27-11-14(9-23-27)18-10-20-6-7-21-18/h6-12,15-16,24H,2-5H2,1H3. The van der Waals surface area contributed by atoms with E-state index in [0.717, 1.165) is 54.0 Å². The van der Waals surface area contributed by atoms with E-state index in [-0.39, 0.29) is 0 Å². The van der Waals surface area contributed by atoms with Crippen LogP contribution in [0.15, 0.2) is 43.4 Å². The van der Waals surface area contributed by atoms with Crippen LogP contribution in [0.1, 0.15) is 37.4 Å². The second-order valence-corrected chi connectivity index (χ2v) is 7.25. The fourth-order valence-electron chi connectivity index (χ4n) is 3.88. The highest BCUT2D eigenvalue weighted by atomic mass is 15.3. The minimum Gasteiger partial charge on any atom is -0.379 e. The maximum Gasteiger partial charge on any atom is 0.200 e. The second kappa shape index (κ2) is 6.99. The normalized spacial score (nSPS) is 19.8. The fraction of sp³-hybridized carbons (Fsp3) is 0.368. The molecule has 0 radical (unpaired) electrons. The molecule has 9 heteroatoms. The third-order valence-corrected chi connectivity index (χ3v) is 5.28. The molecule has 0 atom stereocenters. The summed E-state index contributed by atoms with van der Waals surface area (Å²) in [5, 5.41) is 20.8. The van der Waals surface area contributed by atoms with Gasteiger partial charge in [-0.05, 0) is 38.7 Å². The number of fused-ring (bicyclic) bond motifs is 1. The lowest BCUT2D eigenvalue weighted by Crippen LogP contribution is -2.28. The number of hydrogen-bond acceptors (Lipinski definition) is 7. The SMILES string of the molecule is Cc1cc(NC2CCC(n3cc(-c4cnccn4)cn3)CC2)c2nncn2n1. The zero-order valence-electron chi connectivity index (χ0n) is 15.6. The lowest BCUT2D eigenvalue weighted by Gasteiger charge is -2.30. The summed E-state index contributed by atoms with van der Waals surface area (Å²) in [5.41, 5.74) is 4.58. The van der Waals surface area contributed by atoms with Gasteiger partial charge in [0.1, 0.15) is 6.33 Å². The van der Waals surface area contributed by atoms with Crippen molar-refractivity contribution in [3.8, 4) is 11.3 Å². The number of rotatable bonds is 4.